The van der Waals surface area contributed by atoms with E-state index in [2.05, 4.69) is 37.6 Å². The van der Waals surface area contributed by atoms with Gasteiger partial charge in [-0.2, -0.15) is 0 Å². The Balaban J connectivity index is 2.40. The molecule has 17 heavy (non-hydrogen) atoms. The molecule has 0 aliphatic carbocycles. The van der Waals surface area contributed by atoms with Crippen LogP contribution in [0.15, 0.2) is 12.2 Å². The fourth-order valence-electron chi connectivity index (χ4n) is 2.80. The average Bonchev–Trinajstić information content (AvgIpc) is 2.42. The number of likely N-dealkylation sites (tertiary alicyclic amines) is 1. The Bertz CT molecular complexity index is 240. The topological polar surface area (TPSA) is 15.3 Å². The van der Waals surface area contributed by atoms with Crippen molar-refractivity contribution in [3.63, 3.8) is 0 Å². The fraction of sp³-hybridized carbons (Fsp3) is 0.867. The van der Waals surface area contributed by atoms with Crippen molar-refractivity contribution in [2.24, 2.45) is 11.3 Å². The van der Waals surface area contributed by atoms with E-state index in [1.54, 1.807) is 0 Å². The number of rotatable bonds is 4. The molecule has 2 nitrogen and oxygen atoms in total. The maximum atomic E-state index is 4.13. The van der Waals surface area contributed by atoms with Crippen LogP contribution in [0.5, 0.6) is 0 Å². The molecule has 1 heterocycles. The van der Waals surface area contributed by atoms with Crippen LogP contribution < -0.4 is 5.32 Å². The van der Waals surface area contributed by atoms with Crippen LogP contribution in [0.3, 0.4) is 0 Å². The normalized spacial score (nSPS) is 23.4. The summed E-state index contributed by atoms with van der Waals surface area (Å²) in [5.74, 6) is 0.880. The maximum absolute atomic E-state index is 4.13. The van der Waals surface area contributed by atoms with Crippen molar-refractivity contribution in [2.45, 2.75) is 40.0 Å². The Kier molecular flexibility index (Phi) is 5.68. The predicted molar refractivity (Wildman–Crippen MR) is 76.3 cm³/mol. The zero-order valence-electron chi connectivity index (χ0n) is 12.2. The third kappa shape index (κ3) is 5.22. The Morgan fingerprint density at radius 3 is 2.59 bits per heavy atom. The molecular weight excluding hydrogens is 208 g/mol. The van der Waals surface area contributed by atoms with Gasteiger partial charge < -0.3 is 5.32 Å². The van der Waals surface area contributed by atoms with Gasteiger partial charge in [-0.25, -0.2) is 0 Å². The summed E-state index contributed by atoms with van der Waals surface area (Å²) in [7, 11) is 1.99. The lowest BCUT2D eigenvalue weighted by atomic mass is 9.77. The van der Waals surface area contributed by atoms with E-state index in [1.807, 2.05) is 7.05 Å². The lowest BCUT2D eigenvalue weighted by Gasteiger charge is -2.29. The highest BCUT2D eigenvalue weighted by Gasteiger charge is 2.26. The second kappa shape index (κ2) is 6.55. The van der Waals surface area contributed by atoms with Crippen molar-refractivity contribution in [1.29, 1.82) is 0 Å². The standard InChI is InChI=1S/C15H30N2/c1-13(11-16-5)12-17-9-6-7-14(8-10-17)15(2,3)4/h14,16H,1,6-12H2,2-5H3. The number of likely N-dealkylation sites (N-methyl/N-ethyl adjacent to an activating group) is 1. The largest absolute Gasteiger partial charge is 0.316 e. The SMILES string of the molecule is C=C(CNC)CN1CCCC(C(C)(C)C)CC1. The van der Waals surface area contributed by atoms with Gasteiger partial charge in [0.15, 0.2) is 0 Å². The lowest BCUT2D eigenvalue weighted by Crippen LogP contribution is -2.30. The van der Waals surface area contributed by atoms with Crippen molar-refractivity contribution in [3.05, 3.63) is 12.2 Å². The molecule has 0 bridgehead atoms. The average molecular weight is 238 g/mol. The van der Waals surface area contributed by atoms with Crippen LogP contribution in [0.1, 0.15) is 40.0 Å². The molecule has 1 aliphatic rings. The van der Waals surface area contributed by atoms with Crippen molar-refractivity contribution in [3.8, 4) is 0 Å². The number of hydrogen-bond donors (Lipinski definition) is 1. The van der Waals surface area contributed by atoms with Gasteiger partial charge in [0, 0.05) is 13.1 Å². The summed E-state index contributed by atoms with van der Waals surface area (Å²) in [6.45, 7) is 15.8. The number of nitrogens with one attached hydrogen (secondary N) is 1. The predicted octanol–water partition coefficient (Wildman–Crippen LogP) is 2.91. The first-order valence-electron chi connectivity index (χ1n) is 6.97. The molecule has 100 valence electrons. The third-order valence-electron chi connectivity index (χ3n) is 3.92. The minimum absolute atomic E-state index is 0.470. The minimum Gasteiger partial charge on any atom is -0.316 e. The molecule has 1 fully saturated rings. The molecule has 1 N–H and O–H groups in total. The smallest absolute Gasteiger partial charge is 0.0202 e. The summed E-state index contributed by atoms with van der Waals surface area (Å²) in [5.41, 5.74) is 1.78. The van der Waals surface area contributed by atoms with Gasteiger partial charge in [-0.05, 0) is 56.3 Å². The van der Waals surface area contributed by atoms with E-state index in [0.29, 0.717) is 5.41 Å². The first kappa shape index (κ1) is 14.7. The summed E-state index contributed by atoms with van der Waals surface area (Å²) in [4.78, 5) is 2.57. The number of nitrogens with zero attached hydrogens (tertiary/aromatic N) is 1. The fourth-order valence-corrected chi connectivity index (χ4v) is 2.80. The monoisotopic (exact) mass is 238 g/mol. The molecule has 0 aromatic carbocycles. The van der Waals surface area contributed by atoms with Gasteiger partial charge in [0.2, 0.25) is 0 Å². The quantitative estimate of drug-likeness (QED) is 0.758. The van der Waals surface area contributed by atoms with Gasteiger partial charge in [0.1, 0.15) is 0 Å². The van der Waals surface area contributed by atoms with Crippen LogP contribution in [0.25, 0.3) is 0 Å². The molecule has 0 saturated carbocycles. The summed E-state index contributed by atoms with van der Waals surface area (Å²) < 4.78 is 0. The van der Waals surface area contributed by atoms with Crippen molar-refractivity contribution in [2.75, 3.05) is 33.2 Å². The summed E-state index contributed by atoms with van der Waals surface area (Å²) in [5, 5.41) is 3.18. The molecule has 1 saturated heterocycles. The van der Waals surface area contributed by atoms with Crippen molar-refractivity contribution < 1.29 is 0 Å². The zero-order chi connectivity index (χ0) is 12.9. The molecule has 1 atom stereocenters. The second-order valence-corrected chi connectivity index (χ2v) is 6.55. The second-order valence-electron chi connectivity index (χ2n) is 6.55. The van der Waals surface area contributed by atoms with Gasteiger partial charge in [-0.15, -0.1) is 0 Å². The third-order valence-corrected chi connectivity index (χ3v) is 3.92. The highest BCUT2D eigenvalue weighted by Crippen LogP contribution is 2.34. The van der Waals surface area contributed by atoms with Crippen molar-refractivity contribution in [1.82, 2.24) is 10.2 Å². The van der Waals surface area contributed by atoms with E-state index < -0.39 is 0 Å². The molecule has 0 aromatic rings. The molecule has 0 radical (unpaired) electrons. The van der Waals surface area contributed by atoms with Crippen LogP contribution in [0.2, 0.25) is 0 Å². The Hall–Kier alpha value is -0.340. The first-order chi connectivity index (χ1) is 7.93. The lowest BCUT2D eigenvalue weighted by molar-refractivity contribution is 0.210. The summed E-state index contributed by atoms with van der Waals surface area (Å²) in [6.07, 6.45) is 4.07. The van der Waals surface area contributed by atoms with Crippen LogP contribution in [0, 0.1) is 11.3 Å². The summed E-state index contributed by atoms with van der Waals surface area (Å²) in [6, 6.07) is 0. The number of hydrogen-bond acceptors (Lipinski definition) is 2. The van der Waals surface area contributed by atoms with E-state index >= 15 is 0 Å². The molecule has 1 aliphatic heterocycles. The van der Waals surface area contributed by atoms with E-state index in [9.17, 15) is 0 Å². The van der Waals surface area contributed by atoms with Gasteiger partial charge >= 0.3 is 0 Å². The minimum atomic E-state index is 0.470. The van der Waals surface area contributed by atoms with Crippen LogP contribution in [-0.4, -0.2) is 38.1 Å². The van der Waals surface area contributed by atoms with E-state index in [1.165, 1.54) is 37.9 Å². The molecular formula is C15H30N2. The Labute approximate surface area is 107 Å². The van der Waals surface area contributed by atoms with Crippen LogP contribution in [-0.2, 0) is 0 Å². The van der Waals surface area contributed by atoms with Crippen LogP contribution in [0.4, 0.5) is 0 Å². The maximum Gasteiger partial charge on any atom is 0.0202 e. The van der Waals surface area contributed by atoms with Crippen LogP contribution >= 0.6 is 0 Å². The van der Waals surface area contributed by atoms with E-state index in [-0.39, 0.29) is 0 Å². The molecule has 0 spiro atoms. The molecule has 1 unspecified atom stereocenters. The molecule has 0 aromatic heterocycles. The first-order valence-corrected chi connectivity index (χ1v) is 6.97. The molecule has 0 amide bonds. The van der Waals surface area contributed by atoms with E-state index in [0.717, 1.165) is 19.0 Å². The van der Waals surface area contributed by atoms with Gasteiger partial charge in [-0.1, -0.05) is 27.4 Å². The highest BCUT2D eigenvalue weighted by atomic mass is 15.1. The molecule has 1 rings (SSSR count). The Morgan fingerprint density at radius 2 is 2.00 bits per heavy atom. The van der Waals surface area contributed by atoms with E-state index in [4.69, 9.17) is 0 Å². The Morgan fingerprint density at radius 1 is 1.29 bits per heavy atom. The summed E-state index contributed by atoms with van der Waals surface area (Å²) >= 11 is 0. The van der Waals surface area contributed by atoms with Gasteiger partial charge in [0.25, 0.3) is 0 Å². The van der Waals surface area contributed by atoms with Gasteiger partial charge in [0.05, 0.1) is 0 Å². The zero-order valence-corrected chi connectivity index (χ0v) is 12.2. The van der Waals surface area contributed by atoms with Gasteiger partial charge in [-0.3, -0.25) is 4.90 Å². The van der Waals surface area contributed by atoms with Crippen molar-refractivity contribution >= 4 is 0 Å². The highest BCUT2D eigenvalue weighted by molar-refractivity contribution is 4.99. The molecule has 2 heteroatoms.